The van der Waals surface area contributed by atoms with Crippen LogP contribution in [0.1, 0.15) is 97.3 Å². The number of aliphatic carboxylic acids is 1. The summed E-state index contributed by atoms with van der Waals surface area (Å²) in [5.74, 6) is -0.934. The van der Waals surface area contributed by atoms with E-state index in [9.17, 15) is 4.79 Å². The molecule has 0 saturated carbocycles. The molecule has 0 amide bonds. The third kappa shape index (κ3) is 14.3. The Morgan fingerprint density at radius 3 is 1.82 bits per heavy atom. The predicted molar refractivity (Wildman–Crippen MR) is 89.8 cm³/mol. The number of carboxylic acid groups (broad SMARTS) is 1. The van der Waals surface area contributed by atoms with Gasteiger partial charge in [0, 0.05) is 0 Å². The third-order valence-electron chi connectivity index (χ3n) is 3.86. The van der Waals surface area contributed by atoms with Crippen LogP contribution in [0.25, 0.3) is 0 Å². The highest BCUT2D eigenvalue weighted by atomic mass is 17.2. The molecule has 22 heavy (non-hydrogen) atoms. The minimum absolute atomic E-state index is 0.492. The highest BCUT2D eigenvalue weighted by Gasteiger charge is 2.18. The van der Waals surface area contributed by atoms with Gasteiger partial charge in [0.05, 0.1) is 6.61 Å². The first-order chi connectivity index (χ1) is 10.7. The van der Waals surface area contributed by atoms with Crippen molar-refractivity contribution in [1.29, 1.82) is 0 Å². The van der Waals surface area contributed by atoms with Crippen molar-refractivity contribution in [2.75, 3.05) is 6.61 Å². The first kappa shape index (κ1) is 21.4. The molecular formula is C18H36O4. The average Bonchev–Trinajstić information content (AvgIpc) is 2.51. The molecule has 0 aliphatic carbocycles. The Balaban J connectivity index is 3.29. The number of carbonyl (C=O) groups is 1. The van der Waals surface area contributed by atoms with Gasteiger partial charge in [-0.1, -0.05) is 84.5 Å². The van der Waals surface area contributed by atoms with Gasteiger partial charge in [-0.05, 0) is 12.8 Å². The summed E-state index contributed by atoms with van der Waals surface area (Å²) in [6, 6.07) is 0. The van der Waals surface area contributed by atoms with Crippen molar-refractivity contribution < 1.29 is 19.7 Å². The molecule has 4 heteroatoms. The molecule has 0 aromatic carbocycles. The van der Waals surface area contributed by atoms with Gasteiger partial charge in [-0.2, -0.15) is 0 Å². The molecule has 132 valence electrons. The highest BCUT2D eigenvalue weighted by Crippen LogP contribution is 2.11. The molecule has 0 fully saturated rings. The van der Waals surface area contributed by atoms with E-state index in [0.29, 0.717) is 13.0 Å². The number of carboxylic acids is 1. The van der Waals surface area contributed by atoms with Gasteiger partial charge in [0.25, 0.3) is 0 Å². The van der Waals surface area contributed by atoms with Gasteiger partial charge in [0.2, 0.25) is 0 Å². The lowest BCUT2D eigenvalue weighted by molar-refractivity contribution is -0.321. The Bertz CT molecular complexity index is 243. The zero-order valence-electron chi connectivity index (χ0n) is 14.6. The normalized spacial score (nSPS) is 12.5. The lowest BCUT2D eigenvalue weighted by Crippen LogP contribution is -2.24. The highest BCUT2D eigenvalue weighted by molar-refractivity contribution is 5.72. The molecule has 0 saturated heterocycles. The number of rotatable bonds is 17. The van der Waals surface area contributed by atoms with Crippen molar-refractivity contribution in [2.45, 2.75) is 103 Å². The van der Waals surface area contributed by atoms with Crippen molar-refractivity contribution in [1.82, 2.24) is 0 Å². The van der Waals surface area contributed by atoms with Gasteiger partial charge in [-0.3, -0.25) is 0 Å². The quantitative estimate of drug-likeness (QED) is 0.219. The first-order valence-corrected chi connectivity index (χ1v) is 9.23. The summed E-state index contributed by atoms with van der Waals surface area (Å²) in [7, 11) is 0. The van der Waals surface area contributed by atoms with E-state index in [1.54, 1.807) is 0 Å². The molecule has 4 nitrogen and oxygen atoms in total. The van der Waals surface area contributed by atoms with E-state index in [4.69, 9.17) is 14.9 Å². The van der Waals surface area contributed by atoms with Gasteiger partial charge in [-0.15, -0.1) is 0 Å². The van der Waals surface area contributed by atoms with Gasteiger partial charge in [0.15, 0.2) is 6.10 Å². The van der Waals surface area contributed by atoms with Crippen molar-refractivity contribution in [3.8, 4) is 0 Å². The topological polar surface area (TPSA) is 55.8 Å². The summed E-state index contributed by atoms with van der Waals surface area (Å²) in [6.45, 7) is 4.77. The smallest absolute Gasteiger partial charge is 0.336 e. The number of hydrogen-bond donors (Lipinski definition) is 1. The van der Waals surface area contributed by atoms with Crippen LogP contribution in [0.5, 0.6) is 0 Å². The Hall–Kier alpha value is -0.610. The fourth-order valence-corrected chi connectivity index (χ4v) is 2.38. The predicted octanol–water partition coefficient (Wildman–Crippen LogP) is 5.50. The summed E-state index contributed by atoms with van der Waals surface area (Å²) in [5.41, 5.74) is 0. The molecule has 0 heterocycles. The summed E-state index contributed by atoms with van der Waals surface area (Å²) in [6.07, 6.45) is 14.2. The molecule has 0 radical (unpaired) electrons. The maximum atomic E-state index is 10.9. The van der Waals surface area contributed by atoms with Crippen LogP contribution >= 0.6 is 0 Å². The van der Waals surface area contributed by atoms with Crippen LogP contribution in [0.2, 0.25) is 0 Å². The molecule has 1 atom stereocenters. The van der Waals surface area contributed by atoms with Crippen LogP contribution in [0, 0.1) is 0 Å². The van der Waals surface area contributed by atoms with Crippen LogP contribution in [0.15, 0.2) is 0 Å². The second-order valence-electron chi connectivity index (χ2n) is 6.07. The number of hydrogen-bond acceptors (Lipinski definition) is 3. The SMILES string of the molecule is CCCCCCCCCCCCOOC(CCCC)C(=O)O. The summed E-state index contributed by atoms with van der Waals surface area (Å²) < 4.78 is 0. The molecule has 0 bridgehead atoms. The minimum atomic E-state index is -0.934. The fourth-order valence-electron chi connectivity index (χ4n) is 2.38. The maximum absolute atomic E-state index is 10.9. The average molecular weight is 316 g/mol. The van der Waals surface area contributed by atoms with Crippen molar-refractivity contribution in [3.63, 3.8) is 0 Å². The standard InChI is InChI=1S/C18H36O4/c1-3-5-7-8-9-10-11-12-13-14-16-21-22-17(18(19)20)15-6-4-2/h17H,3-16H2,1-2H3,(H,19,20). The van der Waals surface area contributed by atoms with E-state index >= 15 is 0 Å². The lowest BCUT2D eigenvalue weighted by atomic mass is 10.1. The molecule has 0 rings (SSSR count). The van der Waals surface area contributed by atoms with Crippen LogP contribution in [0.4, 0.5) is 0 Å². The first-order valence-electron chi connectivity index (χ1n) is 9.23. The molecule has 0 aliphatic heterocycles. The van der Waals surface area contributed by atoms with Gasteiger partial charge in [-0.25, -0.2) is 14.6 Å². The van der Waals surface area contributed by atoms with Crippen molar-refractivity contribution in [2.24, 2.45) is 0 Å². The Morgan fingerprint density at radius 2 is 1.32 bits per heavy atom. The monoisotopic (exact) mass is 316 g/mol. The van der Waals surface area contributed by atoms with E-state index in [1.807, 2.05) is 6.92 Å². The molecule has 0 aromatic heterocycles. The van der Waals surface area contributed by atoms with E-state index in [-0.39, 0.29) is 0 Å². The molecule has 0 aromatic rings. The zero-order chi connectivity index (χ0) is 16.5. The second-order valence-corrected chi connectivity index (χ2v) is 6.07. The third-order valence-corrected chi connectivity index (χ3v) is 3.86. The van der Waals surface area contributed by atoms with E-state index < -0.39 is 12.1 Å². The number of unbranched alkanes of at least 4 members (excludes halogenated alkanes) is 10. The molecule has 1 unspecified atom stereocenters. The van der Waals surface area contributed by atoms with Crippen LogP contribution in [-0.4, -0.2) is 23.8 Å². The van der Waals surface area contributed by atoms with Crippen LogP contribution in [0.3, 0.4) is 0 Å². The second kappa shape index (κ2) is 16.8. The summed E-state index contributed by atoms with van der Waals surface area (Å²) in [5, 5.41) is 8.97. The molecule has 0 aliphatic rings. The van der Waals surface area contributed by atoms with Gasteiger partial charge >= 0.3 is 5.97 Å². The van der Waals surface area contributed by atoms with Gasteiger partial charge < -0.3 is 5.11 Å². The van der Waals surface area contributed by atoms with E-state index in [2.05, 4.69) is 6.92 Å². The molecule has 0 spiro atoms. The van der Waals surface area contributed by atoms with Crippen LogP contribution < -0.4 is 0 Å². The molecule has 1 N–H and O–H groups in total. The maximum Gasteiger partial charge on any atom is 0.336 e. The Morgan fingerprint density at radius 1 is 0.818 bits per heavy atom. The zero-order valence-corrected chi connectivity index (χ0v) is 14.6. The molecular weight excluding hydrogens is 280 g/mol. The van der Waals surface area contributed by atoms with Crippen molar-refractivity contribution in [3.05, 3.63) is 0 Å². The lowest BCUT2D eigenvalue weighted by Gasteiger charge is -2.11. The van der Waals surface area contributed by atoms with Crippen molar-refractivity contribution >= 4 is 5.97 Å². The fraction of sp³-hybridized carbons (Fsp3) is 0.944. The van der Waals surface area contributed by atoms with Gasteiger partial charge in [0.1, 0.15) is 0 Å². The Kier molecular flexibility index (Phi) is 16.3. The Labute approximate surface area is 136 Å². The largest absolute Gasteiger partial charge is 0.479 e. The van der Waals surface area contributed by atoms with Crippen LogP contribution in [-0.2, 0) is 14.6 Å². The van der Waals surface area contributed by atoms with E-state index in [0.717, 1.165) is 25.7 Å². The van der Waals surface area contributed by atoms with E-state index in [1.165, 1.54) is 51.4 Å². The summed E-state index contributed by atoms with van der Waals surface area (Å²) >= 11 is 0. The summed E-state index contributed by atoms with van der Waals surface area (Å²) in [4.78, 5) is 21.0. The minimum Gasteiger partial charge on any atom is -0.479 e.